The highest BCUT2D eigenvalue weighted by atomic mass is 16.1. The molecule has 1 heterocycles. The molecule has 3 rings (SSSR count). The van der Waals surface area contributed by atoms with Crippen molar-refractivity contribution in [2.45, 2.75) is 6.42 Å². The number of nitrogen functional groups attached to an aromatic ring is 1. The molecule has 0 unspecified atom stereocenters. The molecule has 0 aliphatic rings. The lowest BCUT2D eigenvalue weighted by Crippen LogP contribution is -2.06. The molecule has 3 aromatic rings. The Morgan fingerprint density at radius 1 is 1.05 bits per heavy atom. The van der Waals surface area contributed by atoms with Crippen molar-refractivity contribution in [3.05, 3.63) is 58.5 Å². The second-order valence-electron chi connectivity index (χ2n) is 4.72. The molecule has 1 aromatic heterocycles. The van der Waals surface area contributed by atoms with Gasteiger partial charge in [-0.1, -0.05) is 18.2 Å². The van der Waals surface area contributed by atoms with Crippen LogP contribution in [0.3, 0.4) is 0 Å². The van der Waals surface area contributed by atoms with E-state index in [1.807, 2.05) is 42.5 Å². The van der Waals surface area contributed by atoms with E-state index in [0.29, 0.717) is 0 Å². The van der Waals surface area contributed by atoms with E-state index >= 15 is 0 Å². The van der Waals surface area contributed by atoms with Crippen LogP contribution in [0.15, 0.2) is 47.3 Å². The van der Waals surface area contributed by atoms with Crippen molar-refractivity contribution in [2.24, 2.45) is 0 Å². The molecular weight excluding hydrogens is 252 g/mol. The smallest absolute Gasteiger partial charge is 0.323 e. The van der Waals surface area contributed by atoms with Crippen molar-refractivity contribution in [3.8, 4) is 0 Å². The number of para-hydroxylation sites is 2. The largest absolute Gasteiger partial charge is 0.397 e. The number of anilines is 2. The van der Waals surface area contributed by atoms with Crippen LogP contribution in [-0.4, -0.2) is 16.5 Å². The molecule has 5 heteroatoms. The highest BCUT2D eigenvalue weighted by molar-refractivity contribution is 5.75. The average Bonchev–Trinajstić information content (AvgIpc) is 2.80. The summed E-state index contributed by atoms with van der Waals surface area (Å²) in [7, 11) is 0. The quantitative estimate of drug-likeness (QED) is 0.546. The molecule has 2 aromatic carbocycles. The fraction of sp³-hybridized carbons (Fsp3) is 0.133. The molecule has 0 saturated carbocycles. The molecule has 0 aliphatic carbocycles. The summed E-state index contributed by atoms with van der Waals surface area (Å²) in [5.74, 6) is 0. The average molecular weight is 268 g/mol. The maximum absolute atomic E-state index is 11.2. The molecule has 0 amide bonds. The second-order valence-corrected chi connectivity index (χ2v) is 4.72. The first-order valence-corrected chi connectivity index (χ1v) is 6.52. The van der Waals surface area contributed by atoms with Crippen LogP contribution in [0.25, 0.3) is 11.0 Å². The molecule has 0 aliphatic heterocycles. The number of nitrogens with two attached hydrogens (primary N) is 1. The van der Waals surface area contributed by atoms with Gasteiger partial charge in [-0.3, -0.25) is 0 Å². The predicted octanol–water partition coefficient (Wildman–Crippen LogP) is 2.09. The van der Waals surface area contributed by atoms with Gasteiger partial charge in [-0.15, -0.1) is 0 Å². The maximum atomic E-state index is 11.2. The van der Waals surface area contributed by atoms with Crippen molar-refractivity contribution in [2.75, 3.05) is 17.6 Å². The molecular formula is C15H16N4O. The van der Waals surface area contributed by atoms with Crippen LogP contribution in [0, 0.1) is 0 Å². The number of rotatable bonds is 4. The minimum atomic E-state index is -0.174. The Bertz CT molecular complexity index is 788. The van der Waals surface area contributed by atoms with Crippen molar-refractivity contribution in [3.63, 3.8) is 0 Å². The van der Waals surface area contributed by atoms with E-state index in [1.165, 1.54) is 0 Å². The van der Waals surface area contributed by atoms with E-state index in [2.05, 4.69) is 15.3 Å². The van der Waals surface area contributed by atoms with Gasteiger partial charge < -0.3 is 21.0 Å². The Morgan fingerprint density at radius 2 is 1.85 bits per heavy atom. The Labute approximate surface area is 115 Å². The second kappa shape index (κ2) is 5.13. The van der Waals surface area contributed by atoms with E-state index in [0.717, 1.165) is 40.9 Å². The summed E-state index contributed by atoms with van der Waals surface area (Å²) in [6.07, 6.45) is 0.859. The number of H-pyrrole nitrogens is 2. The minimum absolute atomic E-state index is 0.174. The lowest BCUT2D eigenvalue weighted by atomic mass is 10.1. The number of hydrogen-bond acceptors (Lipinski definition) is 3. The lowest BCUT2D eigenvalue weighted by molar-refractivity contribution is 1.02. The number of hydrogen-bond donors (Lipinski definition) is 4. The number of fused-ring (bicyclic) bond motifs is 1. The van der Waals surface area contributed by atoms with Gasteiger partial charge in [0, 0.05) is 6.54 Å². The number of aromatic amines is 2. The lowest BCUT2D eigenvalue weighted by Gasteiger charge is -2.08. The predicted molar refractivity (Wildman–Crippen MR) is 82.0 cm³/mol. The molecule has 0 saturated heterocycles. The van der Waals surface area contributed by atoms with E-state index in [4.69, 9.17) is 5.73 Å². The van der Waals surface area contributed by atoms with E-state index in [1.54, 1.807) is 0 Å². The molecule has 0 radical (unpaired) electrons. The van der Waals surface area contributed by atoms with Gasteiger partial charge in [0.15, 0.2) is 0 Å². The zero-order chi connectivity index (χ0) is 13.9. The summed E-state index contributed by atoms with van der Waals surface area (Å²) in [5.41, 5.74) is 10.2. The van der Waals surface area contributed by atoms with Gasteiger partial charge >= 0.3 is 5.69 Å². The van der Waals surface area contributed by atoms with Crippen LogP contribution < -0.4 is 16.7 Å². The van der Waals surface area contributed by atoms with Gasteiger partial charge in [0.25, 0.3) is 0 Å². The number of nitrogens with one attached hydrogen (secondary N) is 3. The number of imidazole rings is 1. The standard InChI is InChI=1S/C15H16N4O/c16-11-3-1-2-4-12(11)17-8-7-10-5-6-13-14(9-10)19-15(20)18-13/h1-6,9,17H,7-8,16H2,(H2,18,19,20). The van der Waals surface area contributed by atoms with Crippen LogP contribution in [0.5, 0.6) is 0 Å². The Balaban J connectivity index is 1.68. The Kier molecular flexibility index (Phi) is 3.16. The van der Waals surface area contributed by atoms with Crippen LogP contribution in [0.1, 0.15) is 5.56 Å². The normalized spacial score (nSPS) is 10.8. The highest BCUT2D eigenvalue weighted by Crippen LogP contribution is 2.17. The first-order valence-electron chi connectivity index (χ1n) is 6.52. The monoisotopic (exact) mass is 268 g/mol. The van der Waals surface area contributed by atoms with Crippen LogP contribution in [0.2, 0.25) is 0 Å². The van der Waals surface area contributed by atoms with Crippen LogP contribution >= 0.6 is 0 Å². The van der Waals surface area contributed by atoms with E-state index < -0.39 is 0 Å². The summed E-state index contributed by atoms with van der Waals surface area (Å²) in [6, 6.07) is 13.6. The molecule has 0 bridgehead atoms. The van der Waals surface area contributed by atoms with E-state index in [-0.39, 0.29) is 5.69 Å². The highest BCUT2D eigenvalue weighted by Gasteiger charge is 2.01. The fourth-order valence-corrected chi connectivity index (χ4v) is 2.23. The van der Waals surface area contributed by atoms with Crippen LogP contribution in [-0.2, 0) is 6.42 Å². The zero-order valence-electron chi connectivity index (χ0n) is 10.9. The van der Waals surface area contributed by atoms with E-state index in [9.17, 15) is 4.79 Å². The molecule has 20 heavy (non-hydrogen) atoms. The van der Waals surface area contributed by atoms with Gasteiger partial charge in [-0.05, 0) is 36.2 Å². The fourth-order valence-electron chi connectivity index (χ4n) is 2.23. The van der Waals surface area contributed by atoms with Crippen LogP contribution in [0.4, 0.5) is 11.4 Å². The summed E-state index contributed by atoms with van der Waals surface area (Å²) < 4.78 is 0. The molecule has 5 N–H and O–H groups in total. The van der Waals surface area contributed by atoms with Crippen molar-refractivity contribution >= 4 is 22.4 Å². The number of benzene rings is 2. The van der Waals surface area contributed by atoms with Crippen molar-refractivity contribution < 1.29 is 0 Å². The number of aromatic nitrogens is 2. The molecule has 102 valence electrons. The third-order valence-electron chi connectivity index (χ3n) is 3.27. The first kappa shape index (κ1) is 12.3. The maximum Gasteiger partial charge on any atom is 0.323 e. The first-order chi connectivity index (χ1) is 9.72. The molecule has 0 atom stereocenters. The summed E-state index contributed by atoms with van der Waals surface area (Å²) in [5, 5.41) is 3.31. The van der Waals surface area contributed by atoms with Gasteiger partial charge in [0.05, 0.1) is 22.4 Å². The van der Waals surface area contributed by atoms with Gasteiger partial charge in [-0.25, -0.2) is 4.79 Å². The SMILES string of the molecule is Nc1ccccc1NCCc1ccc2[nH]c(=O)[nH]c2c1. The van der Waals surface area contributed by atoms with Crippen molar-refractivity contribution in [1.82, 2.24) is 9.97 Å². The zero-order valence-corrected chi connectivity index (χ0v) is 10.9. The Hall–Kier alpha value is -2.69. The summed E-state index contributed by atoms with van der Waals surface area (Å²) in [4.78, 5) is 16.7. The molecule has 0 fully saturated rings. The van der Waals surface area contributed by atoms with Crippen molar-refractivity contribution in [1.29, 1.82) is 0 Å². The van der Waals surface area contributed by atoms with Gasteiger partial charge in [0.1, 0.15) is 0 Å². The molecule has 5 nitrogen and oxygen atoms in total. The van der Waals surface area contributed by atoms with Gasteiger partial charge in [-0.2, -0.15) is 0 Å². The molecule has 0 spiro atoms. The minimum Gasteiger partial charge on any atom is -0.397 e. The topological polar surface area (TPSA) is 86.7 Å². The summed E-state index contributed by atoms with van der Waals surface area (Å²) in [6.45, 7) is 0.786. The third kappa shape index (κ3) is 2.51. The summed E-state index contributed by atoms with van der Waals surface area (Å²) >= 11 is 0. The Morgan fingerprint density at radius 3 is 2.70 bits per heavy atom. The third-order valence-corrected chi connectivity index (χ3v) is 3.27. The van der Waals surface area contributed by atoms with Gasteiger partial charge in [0.2, 0.25) is 0 Å².